The SMILES string of the molecule is CCOC(=O)c1cccc(NC(=O)C2CCCN(S(=O)(=O)c3ccc(C)cc3)C2)c1. The number of hydrogen-bond donors (Lipinski definition) is 1. The number of sulfonamides is 1. The number of carbonyl (C=O) groups excluding carboxylic acids is 2. The number of piperidine rings is 1. The van der Waals surface area contributed by atoms with Crippen molar-refractivity contribution in [1.82, 2.24) is 4.31 Å². The van der Waals surface area contributed by atoms with Gasteiger partial charge in [-0.05, 0) is 57.0 Å². The first kappa shape index (κ1) is 22.0. The molecule has 7 nitrogen and oxygen atoms in total. The molecule has 1 atom stereocenters. The molecule has 8 heteroatoms. The molecule has 2 aromatic rings. The summed E-state index contributed by atoms with van der Waals surface area (Å²) in [5.74, 6) is -1.19. The second-order valence-electron chi connectivity index (χ2n) is 7.31. The summed E-state index contributed by atoms with van der Waals surface area (Å²) < 4.78 is 32.3. The number of ether oxygens (including phenoxy) is 1. The van der Waals surface area contributed by atoms with Crippen molar-refractivity contribution in [3.05, 3.63) is 59.7 Å². The summed E-state index contributed by atoms with van der Waals surface area (Å²) in [5, 5.41) is 2.80. The van der Waals surface area contributed by atoms with E-state index in [1.54, 1.807) is 55.5 Å². The number of amides is 1. The van der Waals surface area contributed by atoms with Crippen molar-refractivity contribution in [2.45, 2.75) is 31.6 Å². The van der Waals surface area contributed by atoms with Crippen molar-refractivity contribution >= 4 is 27.6 Å². The number of rotatable bonds is 6. The van der Waals surface area contributed by atoms with Crippen LogP contribution in [0.4, 0.5) is 5.69 Å². The number of benzene rings is 2. The van der Waals surface area contributed by atoms with Gasteiger partial charge in [-0.25, -0.2) is 13.2 Å². The summed E-state index contributed by atoms with van der Waals surface area (Å²) in [6.45, 7) is 4.40. The number of nitrogens with one attached hydrogen (secondary N) is 1. The number of anilines is 1. The fourth-order valence-electron chi connectivity index (χ4n) is 3.42. The lowest BCUT2D eigenvalue weighted by molar-refractivity contribution is -0.120. The van der Waals surface area contributed by atoms with Gasteiger partial charge in [-0.3, -0.25) is 4.79 Å². The third kappa shape index (κ3) is 5.06. The van der Waals surface area contributed by atoms with Crippen LogP contribution in [-0.2, 0) is 19.6 Å². The minimum absolute atomic E-state index is 0.125. The van der Waals surface area contributed by atoms with Gasteiger partial charge in [-0.15, -0.1) is 0 Å². The molecule has 1 fully saturated rings. The van der Waals surface area contributed by atoms with E-state index in [1.165, 1.54) is 4.31 Å². The quantitative estimate of drug-likeness (QED) is 0.711. The van der Waals surface area contributed by atoms with Crippen LogP contribution in [0.25, 0.3) is 0 Å². The van der Waals surface area contributed by atoms with Crippen LogP contribution in [0, 0.1) is 12.8 Å². The summed E-state index contributed by atoms with van der Waals surface area (Å²) in [4.78, 5) is 24.9. The molecule has 0 aromatic heterocycles. The zero-order chi connectivity index (χ0) is 21.7. The van der Waals surface area contributed by atoms with E-state index in [9.17, 15) is 18.0 Å². The van der Waals surface area contributed by atoms with Gasteiger partial charge in [0, 0.05) is 18.8 Å². The first-order valence-electron chi connectivity index (χ1n) is 9.96. The lowest BCUT2D eigenvalue weighted by Gasteiger charge is -2.31. The van der Waals surface area contributed by atoms with Crippen LogP contribution >= 0.6 is 0 Å². The van der Waals surface area contributed by atoms with Crippen LogP contribution in [0.2, 0.25) is 0 Å². The van der Waals surface area contributed by atoms with Gasteiger partial charge in [-0.1, -0.05) is 23.8 Å². The molecule has 1 heterocycles. The Bertz CT molecular complexity index is 1020. The molecule has 0 bridgehead atoms. The number of aryl methyl sites for hydroxylation is 1. The Kier molecular flexibility index (Phi) is 6.89. The third-order valence-electron chi connectivity index (χ3n) is 5.05. The molecule has 0 spiro atoms. The van der Waals surface area contributed by atoms with Crippen molar-refractivity contribution in [3.8, 4) is 0 Å². The van der Waals surface area contributed by atoms with Crippen molar-refractivity contribution < 1.29 is 22.7 Å². The van der Waals surface area contributed by atoms with Gasteiger partial charge in [0.15, 0.2) is 0 Å². The molecule has 2 aromatic carbocycles. The standard InChI is InChI=1S/C22H26N2O5S/c1-3-29-22(26)17-6-4-8-19(14-17)23-21(25)18-7-5-13-24(15-18)30(27,28)20-11-9-16(2)10-12-20/h4,6,8-12,14,18H,3,5,7,13,15H2,1-2H3,(H,23,25). The van der Waals surface area contributed by atoms with E-state index in [0.29, 0.717) is 30.6 Å². The maximum absolute atomic E-state index is 12.9. The van der Waals surface area contributed by atoms with Gasteiger partial charge in [0.25, 0.3) is 0 Å². The van der Waals surface area contributed by atoms with Crippen LogP contribution in [0.5, 0.6) is 0 Å². The van der Waals surface area contributed by atoms with Gasteiger partial charge < -0.3 is 10.1 Å². The molecule has 1 aliphatic heterocycles. The third-order valence-corrected chi connectivity index (χ3v) is 6.93. The Balaban J connectivity index is 1.69. The van der Waals surface area contributed by atoms with Crippen molar-refractivity contribution in [2.24, 2.45) is 5.92 Å². The van der Waals surface area contributed by atoms with Gasteiger partial charge >= 0.3 is 5.97 Å². The monoisotopic (exact) mass is 430 g/mol. The highest BCUT2D eigenvalue weighted by molar-refractivity contribution is 7.89. The Hall–Kier alpha value is -2.71. The number of nitrogens with zero attached hydrogens (tertiary/aromatic N) is 1. The summed E-state index contributed by atoms with van der Waals surface area (Å²) in [6.07, 6.45) is 1.20. The summed E-state index contributed by atoms with van der Waals surface area (Å²) in [7, 11) is -3.65. The fourth-order valence-corrected chi connectivity index (χ4v) is 4.94. The zero-order valence-electron chi connectivity index (χ0n) is 17.1. The minimum Gasteiger partial charge on any atom is -0.462 e. The van der Waals surface area contributed by atoms with Crippen LogP contribution in [-0.4, -0.2) is 44.3 Å². The molecule has 0 saturated carbocycles. The van der Waals surface area contributed by atoms with Gasteiger partial charge in [0.05, 0.1) is 23.0 Å². The van der Waals surface area contributed by atoms with E-state index in [2.05, 4.69) is 5.32 Å². The van der Waals surface area contributed by atoms with E-state index >= 15 is 0 Å². The lowest BCUT2D eigenvalue weighted by Crippen LogP contribution is -2.43. The summed E-state index contributed by atoms with van der Waals surface area (Å²) >= 11 is 0. The molecule has 160 valence electrons. The molecule has 1 amide bonds. The van der Waals surface area contributed by atoms with Gasteiger partial charge in [0.1, 0.15) is 0 Å². The first-order valence-corrected chi connectivity index (χ1v) is 11.4. The normalized spacial score (nSPS) is 17.3. The molecule has 1 aliphatic rings. The van der Waals surface area contributed by atoms with Crippen molar-refractivity contribution in [2.75, 3.05) is 25.0 Å². The Morgan fingerprint density at radius 3 is 2.60 bits per heavy atom. The largest absolute Gasteiger partial charge is 0.462 e. The minimum atomic E-state index is -3.65. The second-order valence-corrected chi connectivity index (χ2v) is 9.24. The molecule has 1 N–H and O–H groups in total. The Labute approximate surface area is 177 Å². The Morgan fingerprint density at radius 2 is 1.90 bits per heavy atom. The van der Waals surface area contributed by atoms with Crippen LogP contribution in [0.3, 0.4) is 0 Å². The highest BCUT2D eigenvalue weighted by Crippen LogP contribution is 2.25. The van der Waals surface area contributed by atoms with E-state index in [1.807, 2.05) is 6.92 Å². The molecule has 0 radical (unpaired) electrons. The highest BCUT2D eigenvalue weighted by atomic mass is 32.2. The van der Waals surface area contributed by atoms with Crippen LogP contribution in [0.1, 0.15) is 35.7 Å². The predicted octanol–water partition coefficient (Wildman–Crippen LogP) is 3.21. The summed E-state index contributed by atoms with van der Waals surface area (Å²) in [5.41, 5.74) is 1.81. The molecule has 1 unspecified atom stereocenters. The highest BCUT2D eigenvalue weighted by Gasteiger charge is 2.33. The van der Waals surface area contributed by atoms with E-state index < -0.39 is 21.9 Å². The molecule has 30 heavy (non-hydrogen) atoms. The zero-order valence-corrected chi connectivity index (χ0v) is 17.9. The van der Waals surface area contributed by atoms with Crippen LogP contribution < -0.4 is 5.32 Å². The fraction of sp³-hybridized carbons (Fsp3) is 0.364. The van der Waals surface area contributed by atoms with E-state index in [-0.39, 0.29) is 24.0 Å². The maximum atomic E-state index is 12.9. The topological polar surface area (TPSA) is 92.8 Å². The smallest absolute Gasteiger partial charge is 0.338 e. The number of esters is 1. The lowest BCUT2D eigenvalue weighted by atomic mass is 9.98. The predicted molar refractivity (Wildman–Crippen MR) is 114 cm³/mol. The average molecular weight is 431 g/mol. The van der Waals surface area contributed by atoms with E-state index in [4.69, 9.17) is 4.74 Å². The molecule has 0 aliphatic carbocycles. The van der Waals surface area contributed by atoms with E-state index in [0.717, 1.165) is 5.56 Å². The molecular weight excluding hydrogens is 404 g/mol. The molecular formula is C22H26N2O5S. The number of hydrogen-bond acceptors (Lipinski definition) is 5. The molecule has 3 rings (SSSR count). The van der Waals surface area contributed by atoms with Crippen LogP contribution in [0.15, 0.2) is 53.4 Å². The number of carbonyl (C=O) groups is 2. The average Bonchev–Trinajstić information content (AvgIpc) is 2.74. The van der Waals surface area contributed by atoms with Crippen molar-refractivity contribution in [1.29, 1.82) is 0 Å². The van der Waals surface area contributed by atoms with Gasteiger partial charge in [0.2, 0.25) is 15.9 Å². The van der Waals surface area contributed by atoms with Crippen molar-refractivity contribution in [3.63, 3.8) is 0 Å². The summed E-state index contributed by atoms with van der Waals surface area (Å²) in [6, 6.07) is 13.2. The second kappa shape index (κ2) is 9.40. The Morgan fingerprint density at radius 1 is 1.17 bits per heavy atom. The molecule has 1 saturated heterocycles. The maximum Gasteiger partial charge on any atom is 0.338 e. The van der Waals surface area contributed by atoms with Gasteiger partial charge in [-0.2, -0.15) is 4.31 Å². The first-order chi connectivity index (χ1) is 14.3.